The van der Waals surface area contributed by atoms with Crippen LogP contribution in [0.4, 0.5) is 10.1 Å². The van der Waals surface area contributed by atoms with E-state index in [1.165, 1.54) is 0 Å². The van der Waals surface area contributed by atoms with Crippen molar-refractivity contribution in [2.24, 2.45) is 0 Å². The molecule has 0 aliphatic carbocycles. The highest BCUT2D eigenvalue weighted by atomic mass is 35.5. The zero-order valence-corrected chi connectivity index (χ0v) is 8.95. The molecule has 0 unspecified atom stereocenters. The summed E-state index contributed by atoms with van der Waals surface area (Å²) in [4.78, 5) is 20.8. The van der Waals surface area contributed by atoms with Crippen LogP contribution in [-0.4, -0.2) is 17.5 Å². The van der Waals surface area contributed by atoms with Crippen LogP contribution in [0.2, 0.25) is 5.02 Å². The van der Waals surface area contributed by atoms with Crippen LogP contribution >= 0.6 is 11.6 Å². The Bertz CT molecular complexity index is 449. The fourth-order valence-corrected chi connectivity index (χ4v) is 1.28. The van der Waals surface area contributed by atoms with Crippen molar-refractivity contribution in [3.8, 4) is 0 Å². The van der Waals surface area contributed by atoms with Crippen LogP contribution < -0.4 is 0 Å². The van der Waals surface area contributed by atoms with Crippen LogP contribution in [0.5, 0.6) is 0 Å². The zero-order valence-electron chi connectivity index (χ0n) is 8.20. The molecule has 0 aliphatic heterocycles. The summed E-state index contributed by atoms with van der Waals surface area (Å²) in [6, 6.07) is 1.93. The largest absolute Gasteiger partial charge is 0.462 e. The van der Waals surface area contributed by atoms with Crippen LogP contribution in [0.1, 0.15) is 17.3 Å². The molecule has 1 aromatic rings. The van der Waals surface area contributed by atoms with Gasteiger partial charge in [-0.1, -0.05) is 11.6 Å². The fourth-order valence-electron chi connectivity index (χ4n) is 1.05. The Kier molecular flexibility index (Phi) is 3.78. The second-order valence-electron chi connectivity index (χ2n) is 2.74. The predicted octanol–water partition coefficient (Wildman–Crippen LogP) is 2.56. The second-order valence-corrected chi connectivity index (χ2v) is 3.12. The molecule has 0 aliphatic rings. The molecule has 1 rings (SSSR count). The molecule has 16 heavy (non-hydrogen) atoms. The summed E-state index contributed by atoms with van der Waals surface area (Å²) in [5.74, 6) is -2.05. The molecule has 0 spiro atoms. The minimum Gasteiger partial charge on any atom is -0.462 e. The molecule has 0 heterocycles. The zero-order chi connectivity index (χ0) is 12.3. The Morgan fingerprint density at radius 3 is 2.75 bits per heavy atom. The number of hydrogen-bond acceptors (Lipinski definition) is 4. The van der Waals surface area contributed by atoms with Gasteiger partial charge in [-0.3, -0.25) is 10.1 Å². The highest BCUT2D eigenvalue weighted by Gasteiger charge is 2.23. The molecule has 0 bridgehead atoms. The maximum atomic E-state index is 13.5. The number of carbonyl (C=O) groups excluding carboxylic acids is 1. The number of ether oxygens (including phenoxy) is 1. The Balaban J connectivity index is 3.21. The monoisotopic (exact) mass is 247 g/mol. The smallest absolute Gasteiger partial charge is 0.341 e. The maximum absolute atomic E-state index is 13.5. The molecular weight excluding hydrogens is 241 g/mol. The number of hydrogen-bond donors (Lipinski definition) is 0. The van der Waals surface area contributed by atoms with Crippen molar-refractivity contribution < 1.29 is 18.8 Å². The second kappa shape index (κ2) is 4.89. The van der Waals surface area contributed by atoms with Crippen molar-refractivity contribution in [2.75, 3.05) is 6.61 Å². The summed E-state index contributed by atoms with van der Waals surface area (Å²) in [6.07, 6.45) is 0. The molecule has 0 N–H and O–H groups in total. The van der Waals surface area contributed by atoms with Crippen molar-refractivity contribution in [2.45, 2.75) is 6.92 Å². The number of nitrogens with zero attached hydrogens (tertiary/aromatic N) is 1. The lowest BCUT2D eigenvalue weighted by Gasteiger charge is -2.04. The summed E-state index contributed by atoms with van der Waals surface area (Å²) in [6.45, 7) is 1.63. The van der Waals surface area contributed by atoms with Gasteiger partial charge in [-0.25, -0.2) is 9.18 Å². The Morgan fingerprint density at radius 1 is 1.62 bits per heavy atom. The van der Waals surface area contributed by atoms with Gasteiger partial charge >= 0.3 is 5.97 Å². The van der Waals surface area contributed by atoms with Gasteiger partial charge in [0, 0.05) is 6.07 Å². The standard InChI is InChI=1S/C9H7ClFNO4/c1-2-16-9(13)5-3-4-6(12(14)15)7(10)8(5)11/h3-4H,2H2,1H3. The summed E-state index contributed by atoms with van der Waals surface area (Å²) in [7, 11) is 0. The van der Waals surface area contributed by atoms with Crippen molar-refractivity contribution in [3.63, 3.8) is 0 Å². The molecule has 0 saturated carbocycles. The molecule has 86 valence electrons. The van der Waals surface area contributed by atoms with Gasteiger partial charge in [0.1, 0.15) is 0 Å². The Morgan fingerprint density at radius 2 is 2.25 bits per heavy atom. The van der Waals surface area contributed by atoms with Gasteiger partial charge in [0.2, 0.25) is 0 Å². The maximum Gasteiger partial charge on any atom is 0.341 e. The Labute approximate surface area is 94.9 Å². The minimum absolute atomic E-state index is 0.0763. The van der Waals surface area contributed by atoms with Crippen molar-refractivity contribution in [1.29, 1.82) is 0 Å². The van der Waals surface area contributed by atoms with Crippen LogP contribution in [0.3, 0.4) is 0 Å². The van der Waals surface area contributed by atoms with E-state index in [-0.39, 0.29) is 6.61 Å². The molecule has 0 atom stereocenters. The van der Waals surface area contributed by atoms with Gasteiger partial charge in [-0.05, 0) is 13.0 Å². The van der Waals surface area contributed by atoms with E-state index in [0.717, 1.165) is 12.1 Å². The van der Waals surface area contributed by atoms with Crippen LogP contribution in [-0.2, 0) is 4.74 Å². The molecule has 1 aromatic carbocycles. The van der Waals surface area contributed by atoms with Crippen molar-refractivity contribution >= 4 is 23.3 Å². The lowest BCUT2D eigenvalue weighted by Crippen LogP contribution is -2.08. The third kappa shape index (κ3) is 2.27. The van der Waals surface area contributed by atoms with E-state index < -0.39 is 33.0 Å². The number of carbonyl (C=O) groups is 1. The lowest BCUT2D eigenvalue weighted by atomic mass is 10.2. The van der Waals surface area contributed by atoms with Gasteiger partial charge in [0.25, 0.3) is 5.69 Å². The highest BCUT2D eigenvalue weighted by Crippen LogP contribution is 2.29. The molecule has 0 saturated heterocycles. The van der Waals surface area contributed by atoms with Gasteiger partial charge in [0.05, 0.1) is 17.1 Å². The van der Waals surface area contributed by atoms with Gasteiger partial charge in [-0.15, -0.1) is 0 Å². The third-order valence-corrected chi connectivity index (χ3v) is 2.11. The number of benzene rings is 1. The number of esters is 1. The summed E-state index contributed by atoms with van der Waals surface area (Å²) in [5.41, 5.74) is -1.01. The number of nitro benzene ring substituents is 1. The average molecular weight is 248 g/mol. The molecule has 7 heteroatoms. The fraction of sp³-hybridized carbons (Fsp3) is 0.222. The highest BCUT2D eigenvalue weighted by molar-refractivity contribution is 6.33. The summed E-state index contributed by atoms with van der Waals surface area (Å²) >= 11 is 5.41. The number of nitro groups is 1. The SMILES string of the molecule is CCOC(=O)c1ccc([N+](=O)[O-])c(Cl)c1F. The van der Waals surface area contributed by atoms with E-state index in [4.69, 9.17) is 11.6 Å². The number of rotatable bonds is 3. The predicted molar refractivity (Wildman–Crippen MR) is 54.0 cm³/mol. The lowest BCUT2D eigenvalue weighted by molar-refractivity contribution is -0.384. The van der Waals surface area contributed by atoms with Crippen LogP contribution in [0, 0.1) is 15.9 Å². The van der Waals surface area contributed by atoms with Crippen molar-refractivity contribution in [3.05, 3.63) is 38.7 Å². The van der Waals surface area contributed by atoms with Gasteiger partial charge in [0.15, 0.2) is 10.8 Å². The summed E-state index contributed by atoms with van der Waals surface area (Å²) in [5, 5.41) is 9.72. The van der Waals surface area contributed by atoms with Crippen LogP contribution in [0.15, 0.2) is 12.1 Å². The van der Waals surface area contributed by atoms with Crippen LogP contribution in [0.25, 0.3) is 0 Å². The first-order valence-corrected chi connectivity index (χ1v) is 4.66. The quantitative estimate of drug-likeness (QED) is 0.468. The summed E-state index contributed by atoms with van der Waals surface area (Å²) < 4.78 is 18.0. The number of halogens is 2. The van der Waals surface area contributed by atoms with E-state index in [1.807, 2.05) is 0 Å². The molecule has 0 amide bonds. The molecular formula is C9H7ClFNO4. The average Bonchev–Trinajstić information content (AvgIpc) is 2.21. The van der Waals surface area contributed by atoms with Crippen molar-refractivity contribution in [1.82, 2.24) is 0 Å². The molecule has 0 radical (unpaired) electrons. The van der Waals surface area contributed by atoms with E-state index in [0.29, 0.717) is 0 Å². The van der Waals surface area contributed by atoms with Gasteiger partial charge < -0.3 is 4.74 Å². The van der Waals surface area contributed by atoms with Gasteiger partial charge in [-0.2, -0.15) is 0 Å². The molecule has 0 aromatic heterocycles. The van der Waals surface area contributed by atoms with E-state index in [2.05, 4.69) is 4.74 Å². The normalized spacial score (nSPS) is 9.94. The van der Waals surface area contributed by atoms with E-state index in [1.54, 1.807) is 6.92 Å². The first kappa shape index (κ1) is 12.4. The Hall–Kier alpha value is -1.69. The van der Waals surface area contributed by atoms with E-state index >= 15 is 0 Å². The first-order valence-electron chi connectivity index (χ1n) is 4.28. The van der Waals surface area contributed by atoms with E-state index in [9.17, 15) is 19.3 Å². The minimum atomic E-state index is -1.14. The molecule has 5 nitrogen and oxygen atoms in total. The third-order valence-electron chi connectivity index (χ3n) is 1.75. The topological polar surface area (TPSA) is 69.4 Å². The molecule has 0 fully saturated rings. The first-order chi connectivity index (χ1) is 7.49.